The number of rotatable bonds is 3. The van der Waals surface area contributed by atoms with Crippen LogP contribution < -0.4 is 10.5 Å². The highest BCUT2D eigenvalue weighted by molar-refractivity contribution is 7.13. The lowest BCUT2D eigenvalue weighted by atomic mass is 10.7. The maximum atomic E-state index is 5.40. The molecule has 0 aromatic carbocycles. The zero-order valence-corrected chi connectivity index (χ0v) is 8.36. The number of ether oxygens (including phenoxy) is 1. The zero-order valence-electron chi connectivity index (χ0n) is 7.54. The van der Waals surface area contributed by atoms with Crippen LogP contribution in [-0.4, -0.2) is 20.0 Å². The van der Waals surface area contributed by atoms with Crippen molar-refractivity contribution in [2.75, 3.05) is 0 Å². The van der Waals surface area contributed by atoms with Crippen molar-refractivity contribution < 1.29 is 4.74 Å². The Balaban J connectivity index is 2.10. The lowest BCUT2D eigenvalue weighted by molar-refractivity contribution is 0.472. The fraction of sp³-hybridized carbons (Fsp3) is 0.286. The van der Waals surface area contributed by atoms with Crippen molar-refractivity contribution in [3.63, 3.8) is 0 Å². The van der Waals surface area contributed by atoms with Gasteiger partial charge in [-0.2, -0.15) is 5.10 Å². The van der Waals surface area contributed by atoms with E-state index in [4.69, 9.17) is 10.5 Å². The molecule has 0 unspecified atom stereocenters. The average molecular weight is 211 g/mol. The summed E-state index contributed by atoms with van der Waals surface area (Å²) in [7, 11) is 1.82. The second kappa shape index (κ2) is 3.72. The molecular formula is C7H9N5OS. The van der Waals surface area contributed by atoms with Crippen LogP contribution in [0.15, 0.2) is 12.4 Å². The summed E-state index contributed by atoms with van der Waals surface area (Å²) in [5.74, 6) is 0.646. The highest BCUT2D eigenvalue weighted by Crippen LogP contribution is 2.23. The van der Waals surface area contributed by atoms with Crippen LogP contribution in [0.25, 0.3) is 0 Å². The first kappa shape index (κ1) is 9.10. The molecule has 0 atom stereocenters. The predicted octanol–water partition coefficient (Wildman–Crippen LogP) is 0.523. The highest BCUT2D eigenvalue weighted by Gasteiger charge is 2.05. The van der Waals surface area contributed by atoms with E-state index in [1.807, 2.05) is 7.05 Å². The van der Waals surface area contributed by atoms with E-state index < -0.39 is 0 Å². The first-order valence-electron chi connectivity index (χ1n) is 3.97. The molecule has 0 saturated carbocycles. The standard InChI is InChI=1S/C7H9N5OS/c1-12-4-5(3-9-12)13-7-11-10-6(2-8)14-7/h3-4H,2,8H2,1H3. The largest absolute Gasteiger partial charge is 0.426 e. The van der Waals surface area contributed by atoms with Gasteiger partial charge >= 0.3 is 0 Å². The van der Waals surface area contributed by atoms with E-state index in [-0.39, 0.29) is 0 Å². The van der Waals surface area contributed by atoms with E-state index in [0.29, 0.717) is 17.5 Å². The lowest BCUT2D eigenvalue weighted by Gasteiger charge is -1.93. The topological polar surface area (TPSA) is 78.8 Å². The van der Waals surface area contributed by atoms with Crippen LogP contribution in [0.2, 0.25) is 0 Å². The molecule has 0 fully saturated rings. The van der Waals surface area contributed by atoms with E-state index in [2.05, 4.69) is 15.3 Å². The van der Waals surface area contributed by atoms with Gasteiger partial charge in [-0.05, 0) is 0 Å². The minimum absolute atomic E-state index is 0.383. The molecule has 7 heteroatoms. The van der Waals surface area contributed by atoms with Crippen molar-refractivity contribution in [3.8, 4) is 10.9 Å². The number of hydrogen-bond acceptors (Lipinski definition) is 6. The summed E-state index contributed by atoms with van der Waals surface area (Å²) in [6.45, 7) is 0.383. The fourth-order valence-corrected chi connectivity index (χ4v) is 1.50. The van der Waals surface area contributed by atoms with Gasteiger partial charge in [0, 0.05) is 13.6 Å². The van der Waals surface area contributed by atoms with Crippen molar-refractivity contribution in [2.45, 2.75) is 6.54 Å². The molecule has 0 radical (unpaired) electrons. The Hall–Kier alpha value is -1.47. The monoisotopic (exact) mass is 211 g/mol. The molecule has 0 aliphatic heterocycles. The van der Waals surface area contributed by atoms with E-state index >= 15 is 0 Å². The minimum Gasteiger partial charge on any atom is -0.426 e. The number of aromatic nitrogens is 4. The van der Waals surface area contributed by atoms with E-state index in [9.17, 15) is 0 Å². The summed E-state index contributed by atoms with van der Waals surface area (Å²) in [5, 5.41) is 12.9. The molecule has 0 aliphatic rings. The third-order valence-corrected chi connectivity index (χ3v) is 2.33. The van der Waals surface area contributed by atoms with E-state index in [1.165, 1.54) is 11.3 Å². The smallest absolute Gasteiger partial charge is 0.299 e. The Labute approximate surface area is 84.3 Å². The van der Waals surface area contributed by atoms with Gasteiger partial charge in [0.1, 0.15) is 5.01 Å². The molecule has 2 aromatic rings. The van der Waals surface area contributed by atoms with Gasteiger partial charge in [0.15, 0.2) is 5.75 Å². The maximum Gasteiger partial charge on any atom is 0.299 e. The first-order chi connectivity index (χ1) is 6.78. The van der Waals surface area contributed by atoms with E-state index in [0.717, 1.165) is 5.01 Å². The molecule has 0 saturated heterocycles. The minimum atomic E-state index is 0.383. The Kier molecular flexibility index (Phi) is 2.42. The van der Waals surface area contributed by atoms with Gasteiger partial charge in [-0.25, -0.2) is 0 Å². The average Bonchev–Trinajstić information content (AvgIpc) is 2.76. The molecule has 2 heterocycles. The van der Waals surface area contributed by atoms with Gasteiger partial charge in [0.25, 0.3) is 5.19 Å². The molecule has 0 aliphatic carbocycles. The van der Waals surface area contributed by atoms with Gasteiger partial charge in [-0.3, -0.25) is 4.68 Å². The van der Waals surface area contributed by atoms with Gasteiger partial charge in [0.05, 0.1) is 12.4 Å². The van der Waals surface area contributed by atoms with Crippen LogP contribution in [0.1, 0.15) is 5.01 Å². The summed E-state index contributed by atoms with van der Waals surface area (Å²) in [4.78, 5) is 0. The number of nitrogens with two attached hydrogens (primary N) is 1. The van der Waals surface area contributed by atoms with Crippen molar-refractivity contribution in [1.29, 1.82) is 0 Å². The summed E-state index contributed by atoms with van der Waals surface area (Å²) in [6.07, 6.45) is 3.37. The number of hydrogen-bond donors (Lipinski definition) is 1. The zero-order chi connectivity index (χ0) is 9.97. The van der Waals surface area contributed by atoms with Crippen LogP contribution >= 0.6 is 11.3 Å². The summed E-state index contributed by atoms with van der Waals surface area (Å²) in [5.41, 5.74) is 5.40. The third kappa shape index (κ3) is 1.88. The number of nitrogens with zero attached hydrogens (tertiary/aromatic N) is 4. The molecule has 14 heavy (non-hydrogen) atoms. The van der Waals surface area contributed by atoms with Crippen molar-refractivity contribution in [1.82, 2.24) is 20.0 Å². The molecule has 2 rings (SSSR count). The molecule has 0 amide bonds. The molecule has 2 aromatic heterocycles. The number of aryl methyl sites for hydroxylation is 1. The van der Waals surface area contributed by atoms with Crippen molar-refractivity contribution in [3.05, 3.63) is 17.4 Å². The Bertz CT molecular complexity index is 423. The lowest BCUT2D eigenvalue weighted by Crippen LogP contribution is -1.94. The van der Waals surface area contributed by atoms with Gasteiger partial charge in [-0.15, -0.1) is 5.10 Å². The van der Waals surface area contributed by atoms with Gasteiger partial charge in [-0.1, -0.05) is 16.4 Å². The van der Waals surface area contributed by atoms with Gasteiger partial charge < -0.3 is 10.5 Å². The normalized spacial score (nSPS) is 10.4. The Morgan fingerprint density at radius 2 is 2.43 bits per heavy atom. The van der Waals surface area contributed by atoms with E-state index in [1.54, 1.807) is 17.1 Å². The van der Waals surface area contributed by atoms with Crippen LogP contribution in [0.5, 0.6) is 10.9 Å². The summed E-state index contributed by atoms with van der Waals surface area (Å²) < 4.78 is 7.04. The van der Waals surface area contributed by atoms with Crippen LogP contribution in [-0.2, 0) is 13.6 Å². The van der Waals surface area contributed by atoms with Crippen molar-refractivity contribution in [2.24, 2.45) is 12.8 Å². The van der Waals surface area contributed by atoms with Crippen LogP contribution in [0.4, 0.5) is 0 Å². The molecule has 0 bridgehead atoms. The molecule has 6 nitrogen and oxygen atoms in total. The SMILES string of the molecule is Cn1cc(Oc2nnc(CN)s2)cn1. The van der Waals surface area contributed by atoms with Crippen molar-refractivity contribution >= 4 is 11.3 Å². The van der Waals surface area contributed by atoms with Gasteiger partial charge in [0.2, 0.25) is 0 Å². The molecule has 2 N–H and O–H groups in total. The van der Waals surface area contributed by atoms with Crippen LogP contribution in [0, 0.1) is 0 Å². The second-order valence-corrected chi connectivity index (χ2v) is 3.64. The second-order valence-electron chi connectivity index (χ2n) is 2.62. The molecule has 0 spiro atoms. The quantitative estimate of drug-likeness (QED) is 0.800. The maximum absolute atomic E-state index is 5.40. The Morgan fingerprint density at radius 3 is 3.00 bits per heavy atom. The fourth-order valence-electron chi connectivity index (χ4n) is 0.914. The predicted molar refractivity (Wildman–Crippen MR) is 51.1 cm³/mol. The first-order valence-corrected chi connectivity index (χ1v) is 4.78. The highest BCUT2D eigenvalue weighted by atomic mass is 32.1. The van der Waals surface area contributed by atoms with Crippen LogP contribution in [0.3, 0.4) is 0 Å². The summed E-state index contributed by atoms with van der Waals surface area (Å²) >= 11 is 1.33. The Morgan fingerprint density at radius 1 is 1.57 bits per heavy atom. The summed E-state index contributed by atoms with van der Waals surface area (Å²) in [6, 6.07) is 0. The molecule has 74 valence electrons. The molecular weight excluding hydrogens is 202 g/mol. The third-order valence-electron chi connectivity index (χ3n) is 1.51.